The maximum absolute atomic E-state index is 12.6. The molecule has 2 aromatic carbocycles. The van der Waals surface area contributed by atoms with E-state index in [1.807, 2.05) is 57.2 Å². The molecule has 1 heterocycles. The molecule has 0 aliphatic carbocycles. The number of rotatable bonds is 6. The Hall–Kier alpha value is -2.66. The van der Waals surface area contributed by atoms with Crippen LogP contribution >= 0.6 is 11.8 Å². The molecule has 0 saturated heterocycles. The van der Waals surface area contributed by atoms with E-state index in [-0.39, 0.29) is 11.3 Å². The predicted octanol–water partition coefficient (Wildman–Crippen LogP) is 5.28. The second-order valence-electron chi connectivity index (χ2n) is 6.78. The van der Waals surface area contributed by atoms with E-state index in [1.165, 1.54) is 0 Å². The zero-order valence-electron chi connectivity index (χ0n) is 16.5. The first-order valence-electron chi connectivity index (χ1n) is 9.10. The summed E-state index contributed by atoms with van der Waals surface area (Å²) >= 11 is 1.62. The number of hydrogen-bond acceptors (Lipinski definition) is 5. The molecule has 0 unspecified atom stereocenters. The van der Waals surface area contributed by atoms with Gasteiger partial charge in [0.05, 0.1) is 7.11 Å². The summed E-state index contributed by atoms with van der Waals surface area (Å²) in [7, 11) is 1.64. The number of benzene rings is 2. The predicted molar refractivity (Wildman–Crippen MR) is 114 cm³/mol. The molecule has 5 heteroatoms. The Balaban J connectivity index is 1.82. The maximum Gasteiger partial charge on any atom is 0.347 e. The molecule has 4 nitrogen and oxygen atoms in total. The minimum atomic E-state index is -0.507. The molecule has 0 atom stereocenters. The van der Waals surface area contributed by atoms with Crippen LogP contribution in [0.5, 0.6) is 11.5 Å². The van der Waals surface area contributed by atoms with E-state index in [0.29, 0.717) is 17.9 Å². The van der Waals surface area contributed by atoms with Crippen LogP contribution in [0, 0.1) is 20.8 Å². The first-order chi connectivity index (χ1) is 13.4. The van der Waals surface area contributed by atoms with Crippen LogP contribution in [0.1, 0.15) is 22.5 Å². The number of aromatic hydroxyl groups is 1. The first-order valence-corrected chi connectivity index (χ1v) is 10.1. The molecule has 1 aromatic heterocycles. The van der Waals surface area contributed by atoms with Crippen LogP contribution in [0.2, 0.25) is 0 Å². The molecule has 0 fully saturated rings. The van der Waals surface area contributed by atoms with Gasteiger partial charge in [-0.25, -0.2) is 4.79 Å². The highest BCUT2D eigenvalue weighted by Gasteiger charge is 2.18. The fourth-order valence-electron chi connectivity index (χ4n) is 3.46. The fourth-order valence-corrected chi connectivity index (χ4v) is 4.45. The highest BCUT2D eigenvalue weighted by Crippen LogP contribution is 2.33. The highest BCUT2D eigenvalue weighted by atomic mass is 32.2. The summed E-state index contributed by atoms with van der Waals surface area (Å²) in [5, 5.41) is 10.6. The van der Waals surface area contributed by atoms with E-state index in [1.54, 1.807) is 24.9 Å². The third kappa shape index (κ3) is 4.25. The van der Waals surface area contributed by atoms with Gasteiger partial charge in [-0.2, -0.15) is 0 Å². The molecule has 1 N–H and O–H groups in total. The molecule has 3 rings (SSSR count). The topological polar surface area (TPSA) is 59.7 Å². The lowest BCUT2D eigenvalue weighted by Gasteiger charge is -2.12. The SMILES string of the molecule is COc1ccccc1SCCc1cc(O)c(-c2c(C)cc(C)cc2C)c(=O)o1. The monoisotopic (exact) mass is 396 g/mol. The van der Waals surface area contributed by atoms with Gasteiger partial charge in [0, 0.05) is 23.1 Å². The lowest BCUT2D eigenvalue weighted by atomic mass is 9.94. The van der Waals surface area contributed by atoms with Gasteiger partial charge in [0.1, 0.15) is 22.8 Å². The van der Waals surface area contributed by atoms with Crippen LogP contribution in [0.25, 0.3) is 11.1 Å². The van der Waals surface area contributed by atoms with Gasteiger partial charge in [0.25, 0.3) is 0 Å². The van der Waals surface area contributed by atoms with E-state index in [0.717, 1.165) is 32.9 Å². The van der Waals surface area contributed by atoms with Gasteiger partial charge in [-0.15, -0.1) is 11.8 Å². The molecule has 0 bridgehead atoms. The van der Waals surface area contributed by atoms with Gasteiger partial charge in [-0.1, -0.05) is 29.8 Å². The van der Waals surface area contributed by atoms with Crippen molar-refractivity contribution in [2.75, 3.05) is 12.9 Å². The Bertz CT molecular complexity index is 1030. The quantitative estimate of drug-likeness (QED) is 0.574. The van der Waals surface area contributed by atoms with E-state index in [4.69, 9.17) is 9.15 Å². The second kappa shape index (κ2) is 8.57. The number of para-hydroxylation sites is 1. The molecular formula is C23H24O4S. The number of thioether (sulfide) groups is 1. The third-order valence-corrected chi connectivity index (χ3v) is 5.64. The van der Waals surface area contributed by atoms with Gasteiger partial charge in [-0.05, 0) is 49.6 Å². The molecular weight excluding hydrogens is 372 g/mol. The Kier molecular flexibility index (Phi) is 6.15. The van der Waals surface area contributed by atoms with Crippen molar-refractivity contribution in [2.24, 2.45) is 0 Å². The van der Waals surface area contributed by atoms with Crippen molar-refractivity contribution in [3.63, 3.8) is 0 Å². The smallest absolute Gasteiger partial charge is 0.347 e. The van der Waals surface area contributed by atoms with E-state index in [2.05, 4.69) is 0 Å². The average Bonchev–Trinajstić information content (AvgIpc) is 2.63. The molecule has 0 spiro atoms. The lowest BCUT2D eigenvalue weighted by Crippen LogP contribution is -2.08. The van der Waals surface area contributed by atoms with Crippen LogP contribution in [0.3, 0.4) is 0 Å². The van der Waals surface area contributed by atoms with E-state index >= 15 is 0 Å². The largest absolute Gasteiger partial charge is 0.507 e. The normalized spacial score (nSPS) is 10.9. The third-order valence-electron chi connectivity index (χ3n) is 4.58. The number of aryl methyl sites for hydroxylation is 4. The van der Waals surface area contributed by atoms with Gasteiger partial charge in [0.2, 0.25) is 0 Å². The van der Waals surface area contributed by atoms with Gasteiger partial charge < -0.3 is 14.3 Å². The summed E-state index contributed by atoms with van der Waals surface area (Å²) in [5.74, 6) is 1.95. The lowest BCUT2D eigenvalue weighted by molar-refractivity contribution is 0.404. The second-order valence-corrected chi connectivity index (χ2v) is 7.92. The van der Waals surface area contributed by atoms with Crippen molar-refractivity contribution in [3.05, 3.63) is 75.3 Å². The van der Waals surface area contributed by atoms with Crippen LogP contribution < -0.4 is 10.4 Å². The van der Waals surface area contributed by atoms with E-state index < -0.39 is 5.63 Å². The zero-order chi connectivity index (χ0) is 20.3. The summed E-state index contributed by atoms with van der Waals surface area (Å²) < 4.78 is 10.9. The fraction of sp³-hybridized carbons (Fsp3) is 0.261. The minimum absolute atomic E-state index is 0.0383. The average molecular weight is 397 g/mol. The Morgan fingerprint density at radius 2 is 1.71 bits per heavy atom. The van der Waals surface area contributed by atoms with Crippen molar-refractivity contribution in [1.82, 2.24) is 0 Å². The molecule has 0 saturated carbocycles. The summed E-state index contributed by atoms with van der Waals surface area (Å²) in [6.45, 7) is 5.88. The summed E-state index contributed by atoms with van der Waals surface area (Å²) in [6.07, 6.45) is 0.525. The number of methoxy groups -OCH3 is 1. The molecule has 3 aromatic rings. The molecule has 146 valence electrons. The van der Waals surface area contributed by atoms with Crippen LogP contribution in [0.15, 0.2) is 56.6 Å². The van der Waals surface area contributed by atoms with E-state index in [9.17, 15) is 9.90 Å². The minimum Gasteiger partial charge on any atom is -0.507 e. The zero-order valence-corrected chi connectivity index (χ0v) is 17.4. The molecule has 0 aliphatic rings. The molecule has 0 radical (unpaired) electrons. The summed E-state index contributed by atoms with van der Waals surface area (Å²) in [6, 6.07) is 13.3. The van der Waals surface area contributed by atoms with Crippen molar-refractivity contribution in [1.29, 1.82) is 0 Å². The summed E-state index contributed by atoms with van der Waals surface area (Å²) in [5.41, 5.74) is 3.47. The summed E-state index contributed by atoms with van der Waals surface area (Å²) in [4.78, 5) is 13.7. The van der Waals surface area contributed by atoms with Crippen molar-refractivity contribution in [2.45, 2.75) is 32.1 Å². The Morgan fingerprint density at radius 1 is 1.04 bits per heavy atom. The molecule has 0 amide bonds. The van der Waals surface area contributed by atoms with Gasteiger partial charge >= 0.3 is 5.63 Å². The van der Waals surface area contributed by atoms with Crippen molar-refractivity contribution < 1.29 is 14.3 Å². The van der Waals surface area contributed by atoms with Crippen molar-refractivity contribution >= 4 is 11.8 Å². The highest BCUT2D eigenvalue weighted by molar-refractivity contribution is 7.99. The number of ether oxygens (including phenoxy) is 1. The number of hydrogen-bond donors (Lipinski definition) is 1. The van der Waals surface area contributed by atoms with Crippen LogP contribution in [-0.4, -0.2) is 18.0 Å². The van der Waals surface area contributed by atoms with Gasteiger partial charge in [-0.3, -0.25) is 0 Å². The van der Waals surface area contributed by atoms with Crippen molar-refractivity contribution in [3.8, 4) is 22.6 Å². The standard InChI is InChI=1S/C23H24O4S/c1-14-11-15(2)21(16(3)12-14)22-18(24)13-17(27-23(22)25)9-10-28-20-8-6-5-7-19(20)26-4/h5-8,11-13,24H,9-10H2,1-4H3. The van der Waals surface area contributed by atoms with Gasteiger partial charge in [0.15, 0.2) is 0 Å². The Labute approximate surface area is 169 Å². The maximum atomic E-state index is 12.6. The Morgan fingerprint density at radius 3 is 2.36 bits per heavy atom. The molecule has 28 heavy (non-hydrogen) atoms. The molecule has 0 aliphatic heterocycles. The first kappa shape index (κ1) is 20.1. The van der Waals surface area contributed by atoms with Crippen LogP contribution in [-0.2, 0) is 6.42 Å². The van der Waals surface area contributed by atoms with Crippen LogP contribution in [0.4, 0.5) is 0 Å².